The van der Waals surface area contributed by atoms with Gasteiger partial charge in [-0.25, -0.2) is 0 Å². The molecule has 3 heteroatoms. The van der Waals surface area contributed by atoms with Crippen LogP contribution < -0.4 is 5.32 Å². The van der Waals surface area contributed by atoms with Crippen LogP contribution in [0, 0.1) is 6.92 Å². The molecule has 2 aromatic carbocycles. The van der Waals surface area contributed by atoms with Crippen LogP contribution in [0.3, 0.4) is 0 Å². The van der Waals surface area contributed by atoms with Crippen molar-refractivity contribution < 1.29 is 4.79 Å². The van der Waals surface area contributed by atoms with Gasteiger partial charge < -0.3 is 5.32 Å². The first-order valence-corrected chi connectivity index (χ1v) is 6.75. The molecular weight excluding hydrogens is 302 g/mol. The Morgan fingerprint density at radius 3 is 2.58 bits per heavy atom. The second kappa shape index (κ2) is 6.34. The summed E-state index contributed by atoms with van der Waals surface area (Å²) in [4.78, 5) is 11.8. The summed E-state index contributed by atoms with van der Waals surface area (Å²) in [5.41, 5.74) is 2.89. The molecule has 0 aliphatic heterocycles. The zero-order valence-electron chi connectivity index (χ0n) is 10.6. The molecule has 96 valence electrons. The Bertz CT molecular complexity index is 605. The van der Waals surface area contributed by atoms with E-state index in [1.54, 1.807) is 6.08 Å². The molecule has 0 aromatic heterocycles. The van der Waals surface area contributed by atoms with Crippen LogP contribution in [-0.2, 0) is 4.79 Å². The largest absolute Gasteiger partial charge is 0.323 e. The van der Waals surface area contributed by atoms with Crippen LogP contribution in [0.2, 0.25) is 0 Å². The maximum atomic E-state index is 11.8. The zero-order chi connectivity index (χ0) is 13.7. The summed E-state index contributed by atoms with van der Waals surface area (Å²) >= 11 is 3.43. The number of hydrogen-bond acceptors (Lipinski definition) is 1. The van der Waals surface area contributed by atoms with Crippen molar-refractivity contribution in [3.05, 3.63) is 70.2 Å². The normalized spacial score (nSPS) is 10.6. The Balaban J connectivity index is 2.01. The van der Waals surface area contributed by atoms with Gasteiger partial charge in [-0.1, -0.05) is 46.3 Å². The second-order valence-corrected chi connectivity index (χ2v) is 5.05. The first kappa shape index (κ1) is 13.6. The number of rotatable bonds is 3. The fraction of sp³-hybridized carbons (Fsp3) is 0.0625. The van der Waals surface area contributed by atoms with Crippen LogP contribution in [0.4, 0.5) is 5.69 Å². The Kier molecular flexibility index (Phi) is 4.53. The van der Waals surface area contributed by atoms with E-state index in [1.807, 2.05) is 55.5 Å². The highest BCUT2D eigenvalue weighted by atomic mass is 79.9. The molecule has 0 aliphatic carbocycles. The summed E-state index contributed by atoms with van der Waals surface area (Å²) in [5.74, 6) is -0.134. The van der Waals surface area contributed by atoms with E-state index in [4.69, 9.17) is 0 Å². The van der Waals surface area contributed by atoms with E-state index >= 15 is 0 Å². The van der Waals surface area contributed by atoms with Gasteiger partial charge in [0.1, 0.15) is 0 Å². The van der Waals surface area contributed by atoms with Crippen LogP contribution in [0.1, 0.15) is 11.1 Å². The van der Waals surface area contributed by atoms with Crippen molar-refractivity contribution >= 4 is 33.6 Å². The maximum absolute atomic E-state index is 11.8. The zero-order valence-corrected chi connectivity index (χ0v) is 12.1. The summed E-state index contributed by atoms with van der Waals surface area (Å²) in [6, 6.07) is 15.4. The molecule has 0 bridgehead atoms. The van der Waals surface area contributed by atoms with Gasteiger partial charge in [0.25, 0.3) is 0 Å². The van der Waals surface area contributed by atoms with E-state index in [1.165, 1.54) is 6.08 Å². The van der Waals surface area contributed by atoms with Crippen molar-refractivity contribution in [2.45, 2.75) is 6.92 Å². The average Bonchev–Trinajstić information content (AvgIpc) is 2.42. The van der Waals surface area contributed by atoms with Crippen molar-refractivity contribution in [3.8, 4) is 0 Å². The lowest BCUT2D eigenvalue weighted by molar-refractivity contribution is -0.111. The molecule has 0 unspecified atom stereocenters. The molecule has 0 atom stereocenters. The highest BCUT2D eigenvalue weighted by Gasteiger charge is 2.00. The predicted molar refractivity (Wildman–Crippen MR) is 83.0 cm³/mol. The summed E-state index contributed by atoms with van der Waals surface area (Å²) in [7, 11) is 0. The van der Waals surface area contributed by atoms with Gasteiger partial charge in [0.05, 0.1) is 0 Å². The lowest BCUT2D eigenvalue weighted by Gasteiger charge is -2.04. The van der Waals surface area contributed by atoms with Gasteiger partial charge in [-0.3, -0.25) is 4.79 Å². The first-order chi connectivity index (χ1) is 9.15. The minimum absolute atomic E-state index is 0.134. The molecule has 0 aliphatic rings. The Hall–Kier alpha value is -1.87. The fourth-order valence-corrected chi connectivity index (χ4v) is 1.89. The van der Waals surface area contributed by atoms with E-state index in [0.29, 0.717) is 0 Å². The summed E-state index contributed by atoms with van der Waals surface area (Å²) in [5, 5.41) is 2.83. The van der Waals surface area contributed by atoms with Gasteiger partial charge in [-0.05, 0) is 42.3 Å². The number of hydrogen-bond donors (Lipinski definition) is 1. The van der Waals surface area contributed by atoms with Gasteiger partial charge in [0.2, 0.25) is 5.91 Å². The number of carbonyl (C=O) groups excluding carboxylic acids is 1. The monoisotopic (exact) mass is 315 g/mol. The van der Waals surface area contributed by atoms with Gasteiger partial charge >= 0.3 is 0 Å². The number of amides is 1. The third kappa shape index (κ3) is 4.07. The lowest BCUT2D eigenvalue weighted by atomic mass is 10.2. The van der Waals surface area contributed by atoms with Crippen molar-refractivity contribution in [1.29, 1.82) is 0 Å². The molecule has 2 rings (SSSR count). The van der Waals surface area contributed by atoms with Crippen molar-refractivity contribution in [1.82, 2.24) is 0 Å². The Labute approximate surface area is 121 Å². The van der Waals surface area contributed by atoms with Crippen LogP contribution in [-0.4, -0.2) is 5.91 Å². The molecule has 0 spiro atoms. The number of aryl methyl sites for hydroxylation is 1. The molecule has 2 aromatic rings. The van der Waals surface area contributed by atoms with Crippen LogP contribution in [0.5, 0.6) is 0 Å². The molecule has 0 radical (unpaired) electrons. The molecule has 19 heavy (non-hydrogen) atoms. The number of benzene rings is 2. The Morgan fingerprint density at radius 1 is 1.16 bits per heavy atom. The topological polar surface area (TPSA) is 29.1 Å². The van der Waals surface area contributed by atoms with Gasteiger partial charge in [-0.2, -0.15) is 0 Å². The van der Waals surface area contributed by atoms with E-state index < -0.39 is 0 Å². The minimum Gasteiger partial charge on any atom is -0.323 e. The smallest absolute Gasteiger partial charge is 0.248 e. The predicted octanol–water partition coefficient (Wildman–Crippen LogP) is 4.41. The number of halogens is 1. The number of nitrogens with one attached hydrogen (secondary N) is 1. The molecule has 0 saturated heterocycles. The number of anilines is 1. The number of carbonyl (C=O) groups is 1. The average molecular weight is 316 g/mol. The van der Waals surface area contributed by atoms with E-state index in [9.17, 15) is 4.79 Å². The summed E-state index contributed by atoms with van der Waals surface area (Å²) < 4.78 is 1.03. The quantitative estimate of drug-likeness (QED) is 0.835. The van der Waals surface area contributed by atoms with Crippen LogP contribution in [0.15, 0.2) is 59.1 Å². The third-order valence-electron chi connectivity index (χ3n) is 2.65. The maximum Gasteiger partial charge on any atom is 0.248 e. The van der Waals surface area contributed by atoms with Crippen molar-refractivity contribution in [2.24, 2.45) is 0 Å². The van der Waals surface area contributed by atoms with E-state index in [-0.39, 0.29) is 5.91 Å². The third-order valence-corrected chi connectivity index (χ3v) is 3.54. The standard InChI is InChI=1S/C16H14BrNO/c1-12-11-14(8-9-15(12)17)18-16(19)10-7-13-5-3-2-4-6-13/h2-11H,1H3,(H,18,19). The van der Waals surface area contributed by atoms with E-state index in [2.05, 4.69) is 21.2 Å². The minimum atomic E-state index is -0.134. The molecule has 0 heterocycles. The van der Waals surface area contributed by atoms with Crippen LogP contribution in [0.25, 0.3) is 6.08 Å². The van der Waals surface area contributed by atoms with Gasteiger partial charge in [0.15, 0.2) is 0 Å². The van der Waals surface area contributed by atoms with E-state index in [0.717, 1.165) is 21.3 Å². The van der Waals surface area contributed by atoms with Gasteiger partial charge in [0, 0.05) is 16.2 Å². The first-order valence-electron chi connectivity index (χ1n) is 5.95. The molecule has 1 amide bonds. The highest BCUT2D eigenvalue weighted by molar-refractivity contribution is 9.10. The molecule has 1 N–H and O–H groups in total. The lowest BCUT2D eigenvalue weighted by Crippen LogP contribution is -2.07. The second-order valence-electron chi connectivity index (χ2n) is 4.20. The Morgan fingerprint density at radius 2 is 1.89 bits per heavy atom. The molecule has 0 fully saturated rings. The molecule has 2 nitrogen and oxygen atoms in total. The molecular formula is C16H14BrNO. The SMILES string of the molecule is Cc1cc(NC(=O)C=Cc2ccccc2)ccc1Br. The van der Waals surface area contributed by atoms with Gasteiger partial charge in [-0.15, -0.1) is 0 Å². The summed E-state index contributed by atoms with van der Waals surface area (Å²) in [6.07, 6.45) is 3.33. The fourth-order valence-electron chi connectivity index (χ4n) is 1.64. The van der Waals surface area contributed by atoms with Crippen LogP contribution >= 0.6 is 15.9 Å². The highest BCUT2D eigenvalue weighted by Crippen LogP contribution is 2.19. The molecule has 0 saturated carbocycles. The van der Waals surface area contributed by atoms with Crippen molar-refractivity contribution in [3.63, 3.8) is 0 Å². The van der Waals surface area contributed by atoms with Crippen molar-refractivity contribution in [2.75, 3.05) is 5.32 Å². The summed E-state index contributed by atoms with van der Waals surface area (Å²) in [6.45, 7) is 1.99.